The van der Waals surface area contributed by atoms with Gasteiger partial charge in [0.15, 0.2) is 0 Å². The van der Waals surface area contributed by atoms with Crippen LogP contribution < -0.4 is 5.32 Å². The van der Waals surface area contributed by atoms with Crippen LogP contribution in [0.3, 0.4) is 0 Å². The van der Waals surface area contributed by atoms with Crippen molar-refractivity contribution in [3.05, 3.63) is 70.3 Å². The Morgan fingerprint density at radius 3 is 2.43 bits per heavy atom. The Labute approximate surface area is 170 Å². The Morgan fingerprint density at radius 2 is 1.79 bits per heavy atom. The highest BCUT2D eigenvalue weighted by Gasteiger charge is 2.06. The lowest BCUT2D eigenvalue weighted by atomic mass is 10.0. The molecule has 3 heteroatoms. The number of benzene rings is 2. The van der Waals surface area contributed by atoms with Crippen molar-refractivity contribution in [2.75, 3.05) is 5.32 Å². The van der Waals surface area contributed by atoms with Crippen molar-refractivity contribution in [3.8, 4) is 0 Å². The summed E-state index contributed by atoms with van der Waals surface area (Å²) in [5.74, 6) is 0.560. The SMILES string of the molecule is CC\C=N/N=C(C)/C(C)=C/c1c(C)cccc1NCc1ccc(C(C)C)cc1. The third-order valence-corrected chi connectivity index (χ3v) is 4.86. The molecule has 2 rings (SSSR count). The standard InChI is InChI=1S/C25H33N3/c1-7-15-27-28-21(6)20(5)16-24-19(4)9-8-10-25(24)26-17-22-11-13-23(14-12-22)18(2)3/h8-16,18,26H,7,17H2,1-6H3/b20-16+,27-15-,28-21+. The monoisotopic (exact) mass is 375 g/mol. The molecule has 0 aliphatic carbocycles. The highest BCUT2D eigenvalue weighted by molar-refractivity contribution is 6.02. The molecule has 0 saturated heterocycles. The summed E-state index contributed by atoms with van der Waals surface area (Å²) in [7, 11) is 0. The van der Waals surface area contributed by atoms with E-state index in [-0.39, 0.29) is 0 Å². The van der Waals surface area contributed by atoms with Gasteiger partial charge in [-0.05, 0) is 67.5 Å². The first-order valence-corrected chi connectivity index (χ1v) is 10.1. The van der Waals surface area contributed by atoms with Crippen LogP contribution in [0.15, 0.2) is 58.2 Å². The average Bonchev–Trinajstić information content (AvgIpc) is 2.68. The Bertz CT molecular complexity index is 856. The summed E-state index contributed by atoms with van der Waals surface area (Å²) < 4.78 is 0. The molecule has 0 heterocycles. The molecular formula is C25H33N3. The number of aryl methyl sites for hydroxylation is 1. The molecular weight excluding hydrogens is 342 g/mol. The lowest BCUT2D eigenvalue weighted by Gasteiger charge is -2.14. The largest absolute Gasteiger partial charge is 0.380 e. The lowest BCUT2D eigenvalue weighted by molar-refractivity contribution is 0.865. The predicted molar refractivity (Wildman–Crippen MR) is 125 cm³/mol. The topological polar surface area (TPSA) is 36.8 Å². The van der Waals surface area contributed by atoms with Gasteiger partial charge in [0.2, 0.25) is 0 Å². The van der Waals surface area contributed by atoms with E-state index in [1.54, 1.807) is 0 Å². The first-order valence-electron chi connectivity index (χ1n) is 10.1. The number of anilines is 1. The fourth-order valence-corrected chi connectivity index (χ4v) is 2.85. The minimum Gasteiger partial charge on any atom is -0.380 e. The Morgan fingerprint density at radius 1 is 1.07 bits per heavy atom. The zero-order valence-corrected chi connectivity index (χ0v) is 18.1. The van der Waals surface area contributed by atoms with Gasteiger partial charge >= 0.3 is 0 Å². The molecule has 2 aromatic rings. The fourth-order valence-electron chi connectivity index (χ4n) is 2.85. The molecule has 1 N–H and O–H groups in total. The van der Waals surface area contributed by atoms with E-state index in [2.05, 4.69) is 98.7 Å². The molecule has 0 aliphatic rings. The fraction of sp³-hybridized carbons (Fsp3) is 0.360. The summed E-state index contributed by atoms with van der Waals surface area (Å²) in [4.78, 5) is 0. The second kappa shape index (κ2) is 10.6. The van der Waals surface area contributed by atoms with E-state index >= 15 is 0 Å². The molecule has 3 nitrogen and oxygen atoms in total. The van der Waals surface area contributed by atoms with Gasteiger partial charge in [0.1, 0.15) is 0 Å². The van der Waals surface area contributed by atoms with Gasteiger partial charge in [0, 0.05) is 24.0 Å². The van der Waals surface area contributed by atoms with Crippen molar-refractivity contribution in [1.29, 1.82) is 0 Å². The Balaban J connectivity index is 2.20. The maximum Gasteiger partial charge on any atom is 0.0628 e. The van der Waals surface area contributed by atoms with Crippen molar-refractivity contribution in [3.63, 3.8) is 0 Å². The average molecular weight is 376 g/mol. The number of nitrogens with zero attached hydrogens (tertiary/aromatic N) is 2. The Hall–Kier alpha value is -2.68. The van der Waals surface area contributed by atoms with Crippen LogP contribution in [0.2, 0.25) is 0 Å². The summed E-state index contributed by atoms with van der Waals surface area (Å²) in [6.07, 6.45) is 4.91. The van der Waals surface area contributed by atoms with Crippen LogP contribution >= 0.6 is 0 Å². The number of hydrogen-bond acceptors (Lipinski definition) is 3. The van der Waals surface area contributed by atoms with E-state index in [9.17, 15) is 0 Å². The highest BCUT2D eigenvalue weighted by Crippen LogP contribution is 2.24. The maximum absolute atomic E-state index is 4.28. The molecule has 0 aromatic heterocycles. The van der Waals surface area contributed by atoms with E-state index in [0.29, 0.717) is 5.92 Å². The van der Waals surface area contributed by atoms with E-state index in [1.165, 1.54) is 22.3 Å². The minimum absolute atomic E-state index is 0.560. The molecule has 28 heavy (non-hydrogen) atoms. The molecule has 0 fully saturated rings. The minimum atomic E-state index is 0.560. The third kappa shape index (κ3) is 6.19. The third-order valence-electron chi connectivity index (χ3n) is 4.86. The summed E-state index contributed by atoms with van der Waals surface area (Å²) in [5.41, 5.74) is 8.28. The van der Waals surface area contributed by atoms with E-state index in [0.717, 1.165) is 29.9 Å². The van der Waals surface area contributed by atoms with Gasteiger partial charge in [-0.15, -0.1) is 0 Å². The zero-order chi connectivity index (χ0) is 20.5. The molecule has 0 spiro atoms. The zero-order valence-electron chi connectivity index (χ0n) is 18.1. The second-order valence-electron chi connectivity index (χ2n) is 7.51. The summed E-state index contributed by atoms with van der Waals surface area (Å²) >= 11 is 0. The normalized spacial score (nSPS) is 12.8. The number of nitrogens with one attached hydrogen (secondary N) is 1. The van der Waals surface area contributed by atoms with Crippen LogP contribution in [0.4, 0.5) is 5.69 Å². The van der Waals surface area contributed by atoms with Crippen LogP contribution in [0, 0.1) is 6.92 Å². The van der Waals surface area contributed by atoms with Gasteiger partial charge in [0.25, 0.3) is 0 Å². The van der Waals surface area contributed by atoms with Gasteiger partial charge in [-0.1, -0.05) is 57.2 Å². The highest BCUT2D eigenvalue weighted by atomic mass is 15.2. The molecule has 0 saturated carbocycles. The van der Waals surface area contributed by atoms with Gasteiger partial charge in [0.05, 0.1) is 5.71 Å². The van der Waals surface area contributed by atoms with Crippen LogP contribution in [0.1, 0.15) is 69.2 Å². The Kier molecular flexibility index (Phi) is 8.19. The van der Waals surface area contributed by atoms with Crippen molar-refractivity contribution in [1.82, 2.24) is 0 Å². The lowest BCUT2D eigenvalue weighted by Crippen LogP contribution is -2.03. The predicted octanol–water partition coefficient (Wildman–Crippen LogP) is 6.99. The molecule has 0 radical (unpaired) electrons. The first-order chi connectivity index (χ1) is 13.4. The quantitative estimate of drug-likeness (QED) is 0.392. The van der Waals surface area contributed by atoms with Crippen LogP contribution in [0.5, 0.6) is 0 Å². The van der Waals surface area contributed by atoms with Crippen molar-refractivity contribution in [2.24, 2.45) is 10.2 Å². The second-order valence-corrected chi connectivity index (χ2v) is 7.51. The van der Waals surface area contributed by atoms with Crippen LogP contribution in [-0.2, 0) is 6.54 Å². The number of rotatable bonds is 8. The van der Waals surface area contributed by atoms with Gasteiger partial charge in [-0.2, -0.15) is 10.2 Å². The van der Waals surface area contributed by atoms with Crippen molar-refractivity contribution >= 4 is 23.7 Å². The summed E-state index contributed by atoms with van der Waals surface area (Å²) in [6, 6.07) is 15.2. The number of hydrogen-bond donors (Lipinski definition) is 1. The molecule has 0 amide bonds. The van der Waals surface area contributed by atoms with Crippen LogP contribution in [-0.4, -0.2) is 11.9 Å². The molecule has 0 bridgehead atoms. The molecule has 0 unspecified atom stereocenters. The van der Waals surface area contributed by atoms with Gasteiger partial charge in [-0.3, -0.25) is 0 Å². The maximum atomic E-state index is 4.28. The summed E-state index contributed by atoms with van der Waals surface area (Å²) in [6.45, 7) is 13.5. The molecule has 2 aromatic carbocycles. The number of allylic oxidation sites excluding steroid dienone is 1. The van der Waals surface area contributed by atoms with Crippen molar-refractivity contribution < 1.29 is 0 Å². The summed E-state index contributed by atoms with van der Waals surface area (Å²) in [5, 5.41) is 12.0. The molecule has 0 aliphatic heterocycles. The molecule has 148 valence electrons. The van der Waals surface area contributed by atoms with Gasteiger partial charge in [-0.25, -0.2) is 0 Å². The van der Waals surface area contributed by atoms with E-state index in [4.69, 9.17) is 0 Å². The van der Waals surface area contributed by atoms with Crippen molar-refractivity contribution in [2.45, 2.75) is 60.4 Å². The first kappa shape index (κ1) is 21.6. The van der Waals surface area contributed by atoms with E-state index < -0.39 is 0 Å². The van der Waals surface area contributed by atoms with Gasteiger partial charge < -0.3 is 5.32 Å². The van der Waals surface area contributed by atoms with Crippen LogP contribution in [0.25, 0.3) is 6.08 Å². The van der Waals surface area contributed by atoms with E-state index in [1.807, 2.05) is 13.1 Å². The smallest absolute Gasteiger partial charge is 0.0628 e. The molecule has 0 atom stereocenters.